The number of sulfonamides is 1. The van der Waals surface area contributed by atoms with Crippen LogP contribution >= 0.6 is 0 Å². The van der Waals surface area contributed by atoms with E-state index in [0.717, 1.165) is 28.6 Å². The quantitative estimate of drug-likeness (QED) is 0.348. The van der Waals surface area contributed by atoms with Crippen molar-refractivity contribution >= 4 is 33.4 Å². The molecule has 2 aromatic rings. The lowest BCUT2D eigenvalue weighted by molar-refractivity contribution is -0.242. The molecule has 0 saturated carbocycles. The van der Waals surface area contributed by atoms with Gasteiger partial charge in [-0.3, -0.25) is 14.4 Å². The van der Waals surface area contributed by atoms with Gasteiger partial charge in [0, 0.05) is 11.3 Å². The standard InChI is InChI=1S/C25H27F4N3O6S/c1-5-15(2)22(33)30-13-18-14-32(39(35,36)19-9-6-16(26)7-10-19)20-12-17(8-11-21(20)37-18)31-23(34)38-24(3,4)25(27,28)29/h6-12,18H,2,5,13-14H2,1,3-4H3,(H,30,33)(H,31,34)/t18-/m0/s1. The van der Waals surface area contributed by atoms with Gasteiger partial charge in [0.2, 0.25) is 11.5 Å². The number of hydrogen-bond donors (Lipinski definition) is 2. The molecule has 0 spiro atoms. The van der Waals surface area contributed by atoms with Crippen LogP contribution in [0.25, 0.3) is 0 Å². The first kappa shape index (κ1) is 29.7. The smallest absolute Gasteiger partial charge is 0.427 e. The SMILES string of the molecule is C=C(CC)C(=O)NC[C@H]1CN(S(=O)(=O)c2ccc(F)cc2)c2cc(NC(=O)OC(C)(C)C(F)(F)F)ccc2O1. The molecule has 0 bridgehead atoms. The van der Waals surface area contributed by atoms with Gasteiger partial charge >= 0.3 is 12.3 Å². The molecule has 9 nitrogen and oxygen atoms in total. The fourth-order valence-corrected chi connectivity index (χ4v) is 4.88. The van der Waals surface area contributed by atoms with E-state index in [2.05, 4.69) is 21.9 Å². The number of anilines is 2. The van der Waals surface area contributed by atoms with Gasteiger partial charge in [0.1, 0.15) is 17.7 Å². The van der Waals surface area contributed by atoms with Gasteiger partial charge in [-0.15, -0.1) is 0 Å². The van der Waals surface area contributed by atoms with Crippen LogP contribution in [0.1, 0.15) is 27.2 Å². The maximum Gasteiger partial charge on any atom is 0.427 e. The molecule has 1 atom stereocenters. The van der Waals surface area contributed by atoms with Gasteiger partial charge in [0.05, 0.1) is 23.7 Å². The van der Waals surface area contributed by atoms with Gasteiger partial charge in [0.25, 0.3) is 10.0 Å². The zero-order valence-electron chi connectivity index (χ0n) is 21.3. The number of benzene rings is 2. The molecular weight excluding hydrogens is 546 g/mol. The summed E-state index contributed by atoms with van der Waals surface area (Å²) in [5.74, 6) is -1.03. The second-order valence-electron chi connectivity index (χ2n) is 9.10. The van der Waals surface area contributed by atoms with Crippen molar-refractivity contribution in [2.24, 2.45) is 0 Å². The van der Waals surface area contributed by atoms with Gasteiger partial charge in [-0.1, -0.05) is 13.5 Å². The summed E-state index contributed by atoms with van der Waals surface area (Å²) in [5, 5.41) is 4.78. The van der Waals surface area contributed by atoms with Crippen LogP contribution in [0, 0.1) is 5.82 Å². The summed E-state index contributed by atoms with van der Waals surface area (Å²) in [6.45, 7) is 6.38. The Hall–Kier alpha value is -3.81. The lowest BCUT2D eigenvalue weighted by Crippen LogP contribution is -2.48. The molecule has 0 saturated heterocycles. The normalized spacial score (nSPS) is 15.6. The van der Waals surface area contributed by atoms with Gasteiger partial charge in [-0.05, 0) is 62.7 Å². The zero-order valence-corrected chi connectivity index (χ0v) is 22.1. The van der Waals surface area contributed by atoms with E-state index >= 15 is 0 Å². The predicted octanol–water partition coefficient (Wildman–Crippen LogP) is 4.75. The topological polar surface area (TPSA) is 114 Å². The van der Waals surface area contributed by atoms with Crippen LogP contribution in [0.4, 0.5) is 33.7 Å². The number of alkyl halides is 3. The van der Waals surface area contributed by atoms with E-state index in [1.165, 1.54) is 18.2 Å². The van der Waals surface area contributed by atoms with Crippen LogP contribution in [0.15, 0.2) is 59.5 Å². The summed E-state index contributed by atoms with van der Waals surface area (Å²) in [5.41, 5.74) is -2.59. The van der Waals surface area contributed by atoms with E-state index in [1.807, 2.05) is 0 Å². The number of halogens is 4. The largest absolute Gasteiger partial charge is 0.484 e. The Balaban J connectivity index is 1.93. The van der Waals surface area contributed by atoms with E-state index in [0.29, 0.717) is 25.8 Å². The second kappa shape index (κ2) is 11.1. The van der Waals surface area contributed by atoms with E-state index in [9.17, 15) is 35.6 Å². The van der Waals surface area contributed by atoms with Gasteiger partial charge in [0.15, 0.2) is 0 Å². The summed E-state index contributed by atoms with van der Waals surface area (Å²) < 4.78 is 91.1. The molecule has 1 aliphatic heterocycles. The Morgan fingerprint density at radius 3 is 2.38 bits per heavy atom. The molecule has 14 heteroatoms. The Kier molecular flexibility index (Phi) is 8.48. The molecule has 2 amide bonds. The van der Waals surface area contributed by atoms with Crippen LogP contribution in [-0.2, 0) is 19.6 Å². The molecule has 0 aliphatic carbocycles. The minimum atomic E-state index is -4.83. The monoisotopic (exact) mass is 573 g/mol. The van der Waals surface area contributed by atoms with Crippen LogP contribution in [0.5, 0.6) is 5.75 Å². The average molecular weight is 574 g/mol. The van der Waals surface area contributed by atoms with Crippen molar-refractivity contribution in [3.8, 4) is 5.75 Å². The summed E-state index contributed by atoms with van der Waals surface area (Å²) in [6.07, 6.45) is -6.69. The Labute approximate surface area is 222 Å². The molecule has 3 rings (SSSR count). The van der Waals surface area contributed by atoms with Crippen molar-refractivity contribution in [2.75, 3.05) is 22.7 Å². The molecule has 0 unspecified atom stereocenters. The molecule has 0 aromatic heterocycles. The minimum absolute atomic E-state index is 0.0484. The van der Waals surface area contributed by atoms with Gasteiger partial charge < -0.3 is 14.8 Å². The Morgan fingerprint density at radius 2 is 1.79 bits per heavy atom. The highest BCUT2D eigenvalue weighted by molar-refractivity contribution is 7.92. The molecule has 0 fully saturated rings. The lowest BCUT2D eigenvalue weighted by atomic mass is 10.1. The Morgan fingerprint density at radius 1 is 1.15 bits per heavy atom. The van der Waals surface area contributed by atoms with E-state index in [4.69, 9.17) is 4.74 Å². The maximum absolute atomic E-state index is 13.5. The first-order chi connectivity index (χ1) is 18.0. The van der Waals surface area contributed by atoms with Crippen LogP contribution < -0.4 is 19.7 Å². The second-order valence-corrected chi connectivity index (χ2v) is 11.0. The third-order valence-electron chi connectivity index (χ3n) is 5.81. The molecule has 212 valence electrons. The number of nitrogens with one attached hydrogen (secondary N) is 2. The average Bonchev–Trinajstić information content (AvgIpc) is 2.85. The van der Waals surface area contributed by atoms with Gasteiger partial charge in [-0.25, -0.2) is 17.6 Å². The zero-order chi connectivity index (χ0) is 29.2. The first-order valence-corrected chi connectivity index (χ1v) is 13.1. The third kappa shape index (κ3) is 6.80. The Bertz CT molecular complexity index is 1360. The van der Waals surface area contributed by atoms with Crippen molar-refractivity contribution < 1.29 is 45.0 Å². The van der Waals surface area contributed by atoms with Crippen molar-refractivity contribution in [2.45, 2.75) is 50.0 Å². The molecule has 0 radical (unpaired) electrons. The highest BCUT2D eigenvalue weighted by Crippen LogP contribution is 2.39. The third-order valence-corrected chi connectivity index (χ3v) is 7.60. The summed E-state index contributed by atoms with van der Waals surface area (Å²) >= 11 is 0. The number of carbonyl (C=O) groups excluding carboxylic acids is 2. The summed E-state index contributed by atoms with van der Waals surface area (Å²) in [6, 6.07) is 7.86. The van der Waals surface area contributed by atoms with E-state index in [1.54, 1.807) is 6.92 Å². The minimum Gasteiger partial charge on any atom is -0.484 e. The maximum atomic E-state index is 13.5. The van der Waals surface area contributed by atoms with Crippen molar-refractivity contribution in [1.82, 2.24) is 5.32 Å². The van der Waals surface area contributed by atoms with E-state index < -0.39 is 45.7 Å². The molecule has 1 heterocycles. The van der Waals surface area contributed by atoms with Gasteiger partial charge in [-0.2, -0.15) is 13.2 Å². The number of nitrogens with zero attached hydrogens (tertiary/aromatic N) is 1. The van der Waals surface area contributed by atoms with Crippen molar-refractivity contribution in [3.05, 3.63) is 60.4 Å². The number of hydrogen-bond acceptors (Lipinski definition) is 6. The first-order valence-electron chi connectivity index (χ1n) is 11.7. The molecular formula is C25H27F4N3O6S. The van der Waals surface area contributed by atoms with Crippen LogP contribution in [-0.4, -0.2) is 51.4 Å². The predicted molar refractivity (Wildman–Crippen MR) is 134 cm³/mol. The highest BCUT2D eigenvalue weighted by Gasteiger charge is 2.51. The number of rotatable bonds is 8. The molecule has 39 heavy (non-hydrogen) atoms. The number of ether oxygens (including phenoxy) is 2. The summed E-state index contributed by atoms with van der Waals surface area (Å²) in [7, 11) is -4.31. The number of carbonyl (C=O) groups is 2. The fourth-order valence-electron chi connectivity index (χ4n) is 3.38. The molecule has 1 aliphatic rings. The van der Waals surface area contributed by atoms with Crippen molar-refractivity contribution in [3.63, 3.8) is 0 Å². The van der Waals surface area contributed by atoms with Crippen molar-refractivity contribution in [1.29, 1.82) is 0 Å². The van der Waals surface area contributed by atoms with Crippen LogP contribution in [0.3, 0.4) is 0 Å². The summed E-state index contributed by atoms with van der Waals surface area (Å²) in [4.78, 5) is 24.1. The molecule has 2 N–H and O–H groups in total. The lowest BCUT2D eigenvalue weighted by Gasteiger charge is -2.36. The van der Waals surface area contributed by atoms with E-state index in [-0.39, 0.29) is 35.1 Å². The number of amides is 2. The fraction of sp³-hybridized carbons (Fsp3) is 0.360. The number of fused-ring (bicyclic) bond motifs is 1. The highest BCUT2D eigenvalue weighted by atomic mass is 32.2. The van der Waals surface area contributed by atoms with Crippen LogP contribution in [0.2, 0.25) is 0 Å². The molecule has 2 aromatic carbocycles.